The van der Waals surface area contributed by atoms with Crippen molar-refractivity contribution < 1.29 is 22.9 Å². The molecule has 0 fully saturated rings. The molecule has 2 amide bonds. The van der Waals surface area contributed by atoms with Crippen molar-refractivity contribution in [3.63, 3.8) is 0 Å². The molecule has 46 heavy (non-hydrogen) atoms. The van der Waals surface area contributed by atoms with Gasteiger partial charge in [0.1, 0.15) is 12.6 Å². The van der Waals surface area contributed by atoms with Crippen LogP contribution in [0.5, 0.6) is 0 Å². The van der Waals surface area contributed by atoms with Gasteiger partial charge >= 0.3 is 0 Å². The molecule has 11 heteroatoms. The average molecular weight is 643 g/mol. The second kappa shape index (κ2) is 14.4. The summed E-state index contributed by atoms with van der Waals surface area (Å²) in [6, 6.07) is 28.5. The van der Waals surface area contributed by atoms with E-state index >= 15 is 0 Å². The summed E-state index contributed by atoms with van der Waals surface area (Å²) in [6.45, 7) is 6.86. The van der Waals surface area contributed by atoms with Crippen LogP contribution in [0.3, 0.4) is 0 Å². The Morgan fingerprint density at radius 3 is 1.93 bits per heavy atom. The Labute approximate surface area is 269 Å². The average Bonchev–Trinajstić information content (AvgIpc) is 3.02. The lowest BCUT2D eigenvalue weighted by Crippen LogP contribution is -2.56. The van der Waals surface area contributed by atoms with E-state index in [9.17, 15) is 28.1 Å². The quantitative estimate of drug-likeness (QED) is 0.157. The number of hydrogen-bond acceptors (Lipinski definition) is 6. The highest BCUT2D eigenvalue weighted by Crippen LogP contribution is 2.27. The number of nitrogens with zero attached hydrogens (tertiary/aromatic N) is 3. The van der Waals surface area contributed by atoms with E-state index in [0.717, 1.165) is 21.0 Å². The molecule has 0 aliphatic heterocycles. The summed E-state index contributed by atoms with van der Waals surface area (Å²) in [5, 5.41) is 14.3. The number of sulfonamides is 1. The summed E-state index contributed by atoms with van der Waals surface area (Å²) in [4.78, 5) is 40.5. The molecule has 0 radical (unpaired) electrons. The van der Waals surface area contributed by atoms with Gasteiger partial charge in [-0.15, -0.1) is 0 Å². The minimum Gasteiger partial charge on any atom is -0.350 e. The van der Waals surface area contributed by atoms with Gasteiger partial charge in [-0.25, -0.2) is 8.42 Å². The van der Waals surface area contributed by atoms with Gasteiger partial charge in [-0.2, -0.15) is 0 Å². The molecule has 0 aliphatic carbocycles. The fraction of sp³-hybridized carbons (Fsp3) is 0.257. The van der Waals surface area contributed by atoms with Crippen LogP contribution in [0.15, 0.2) is 114 Å². The highest BCUT2D eigenvalue weighted by molar-refractivity contribution is 7.92. The van der Waals surface area contributed by atoms with Crippen molar-refractivity contribution in [2.45, 2.75) is 57.1 Å². The number of carbonyl (C=O) groups is 2. The third kappa shape index (κ3) is 8.79. The Morgan fingerprint density at radius 1 is 0.826 bits per heavy atom. The largest absolute Gasteiger partial charge is 0.350 e. The minimum absolute atomic E-state index is 0.0354. The Balaban J connectivity index is 1.82. The molecule has 1 atom stereocenters. The number of benzene rings is 4. The smallest absolute Gasteiger partial charge is 0.269 e. The number of amides is 2. The summed E-state index contributed by atoms with van der Waals surface area (Å²) in [5.74, 6) is -1.01. The minimum atomic E-state index is -4.31. The molecule has 0 aliphatic rings. The molecule has 4 aromatic carbocycles. The van der Waals surface area contributed by atoms with Gasteiger partial charge in [0.2, 0.25) is 11.8 Å². The van der Waals surface area contributed by atoms with Gasteiger partial charge in [0.25, 0.3) is 15.7 Å². The number of nitro groups is 1. The lowest BCUT2D eigenvalue weighted by Gasteiger charge is -2.35. The van der Waals surface area contributed by atoms with E-state index in [1.807, 2.05) is 82.3 Å². The Hall–Kier alpha value is -5.03. The summed E-state index contributed by atoms with van der Waals surface area (Å²) in [7, 11) is -4.31. The van der Waals surface area contributed by atoms with Crippen molar-refractivity contribution in [3.05, 3.63) is 136 Å². The lowest BCUT2D eigenvalue weighted by molar-refractivity contribution is -0.384. The number of nitrogens with one attached hydrogen (secondary N) is 1. The number of nitro benzene ring substituents is 1. The van der Waals surface area contributed by atoms with E-state index in [2.05, 4.69) is 5.32 Å². The lowest BCUT2D eigenvalue weighted by atomic mass is 10.0. The first-order chi connectivity index (χ1) is 21.7. The zero-order chi connectivity index (χ0) is 33.5. The first kappa shape index (κ1) is 33.9. The van der Waals surface area contributed by atoms with Crippen LogP contribution in [0.4, 0.5) is 11.4 Å². The van der Waals surface area contributed by atoms with Crippen molar-refractivity contribution in [1.29, 1.82) is 0 Å². The molecule has 0 saturated carbocycles. The summed E-state index contributed by atoms with van der Waals surface area (Å²) in [5.41, 5.74) is 1.83. The molecule has 4 rings (SSSR count). The van der Waals surface area contributed by atoms with Crippen molar-refractivity contribution in [2.75, 3.05) is 10.8 Å². The van der Waals surface area contributed by atoms with Crippen molar-refractivity contribution in [1.82, 2.24) is 10.2 Å². The fourth-order valence-corrected chi connectivity index (χ4v) is 6.32. The van der Waals surface area contributed by atoms with Gasteiger partial charge in [-0.1, -0.05) is 78.4 Å². The normalized spacial score (nSPS) is 12.2. The zero-order valence-electron chi connectivity index (χ0n) is 26.3. The topological polar surface area (TPSA) is 130 Å². The van der Waals surface area contributed by atoms with E-state index < -0.39 is 39.0 Å². The van der Waals surface area contributed by atoms with Crippen LogP contribution >= 0.6 is 0 Å². The zero-order valence-corrected chi connectivity index (χ0v) is 27.1. The van der Waals surface area contributed by atoms with Crippen molar-refractivity contribution in [3.8, 4) is 0 Å². The predicted octanol–water partition coefficient (Wildman–Crippen LogP) is 5.65. The molecule has 240 valence electrons. The third-order valence-electron chi connectivity index (χ3n) is 7.20. The first-order valence-corrected chi connectivity index (χ1v) is 16.2. The van der Waals surface area contributed by atoms with Gasteiger partial charge in [-0.3, -0.25) is 24.0 Å². The van der Waals surface area contributed by atoms with Gasteiger partial charge in [0.05, 0.1) is 15.5 Å². The highest BCUT2D eigenvalue weighted by atomic mass is 32.2. The second-order valence-corrected chi connectivity index (χ2v) is 13.9. The van der Waals surface area contributed by atoms with Crippen LogP contribution in [0.2, 0.25) is 0 Å². The van der Waals surface area contributed by atoms with E-state index in [0.29, 0.717) is 0 Å². The van der Waals surface area contributed by atoms with E-state index in [-0.39, 0.29) is 35.1 Å². The van der Waals surface area contributed by atoms with Crippen LogP contribution in [0.25, 0.3) is 0 Å². The maximum absolute atomic E-state index is 14.5. The standard InChI is InChI=1S/C35H38N4O6S/c1-26-15-17-28(18-16-26)24-37(32(34(41)36-35(2,3)4)23-27-11-7-5-8-12-27)33(40)25-38(29-19-21-30(22-20-29)39(42)43)46(44,45)31-13-9-6-10-14-31/h5-22,32H,23-25H2,1-4H3,(H,36,41)/t32-/m0/s1. The SMILES string of the molecule is Cc1ccc(CN(C(=O)CN(c2ccc([N+](=O)[O-])cc2)S(=O)(=O)c2ccccc2)[C@@H](Cc2ccccc2)C(=O)NC(C)(C)C)cc1. The maximum Gasteiger partial charge on any atom is 0.269 e. The monoisotopic (exact) mass is 642 g/mol. The number of hydrogen-bond donors (Lipinski definition) is 1. The maximum atomic E-state index is 14.5. The van der Waals surface area contributed by atoms with Crippen LogP contribution in [0, 0.1) is 17.0 Å². The molecular weight excluding hydrogens is 604 g/mol. The Morgan fingerprint density at radius 2 is 1.39 bits per heavy atom. The second-order valence-electron chi connectivity index (χ2n) is 12.1. The van der Waals surface area contributed by atoms with Gasteiger partial charge < -0.3 is 10.2 Å². The Bertz CT molecular complexity index is 1760. The van der Waals surface area contributed by atoms with Crippen LogP contribution < -0.4 is 9.62 Å². The summed E-state index contributed by atoms with van der Waals surface area (Å²) < 4.78 is 29.0. The first-order valence-electron chi connectivity index (χ1n) is 14.8. The van der Waals surface area contributed by atoms with Gasteiger partial charge in [-0.05, 0) is 63.1 Å². The number of rotatable bonds is 12. The van der Waals surface area contributed by atoms with Crippen LogP contribution in [-0.2, 0) is 32.6 Å². The van der Waals surface area contributed by atoms with Crippen LogP contribution in [-0.4, -0.2) is 48.2 Å². The summed E-state index contributed by atoms with van der Waals surface area (Å²) in [6.07, 6.45) is 0.184. The molecule has 0 unspecified atom stereocenters. The number of anilines is 1. The van der Waals surface area contributed by atoms with E-state index in [1.165, 1.54) is 41.3 Å². The Kier molecular flexibility index (Phi) is 10.6. The van der Waals surface area contributed by atoms with Crippen LogP contribution in [0.1, 0.15) is 37.5 Å². The van der Waals surface area contributed by atoms with Gasteiger partial charge in [0.15, 0.2) is 0 Å². The number of aryl methyl sites for hydroxylation is 1. The molecule has 0 bridgehead atoms. The molecule has 10 nitrogen and oxygen atoms in total. The third-order valence-corrected chi connectivity index (χ3v) is 8.99. The molecule has 0 heterocycles. The predicted molar refractivity (Wildman–Crippen MR) is 178 cm³/mol. The molecule has 1 N–H and O–H groups in total. The molecule has 0 aromatic heterocycles. The number of carbonyl (C=O) groups excluding carboxylic acids is 2. The number of non-ortho nitro benzene ring substituents is 1. The molecule has 0 saturated heterocycles. The van der Waals surface area contributed by atoms with E-state index in [1.54, 1.807) is 18.2 Å². The van der Waals surface area contributed by atoms with E-state index in [4.69, 9.17) is 0 Å². The molecule has 4 aromatic rings. The van der Waals surface area contributed by atoms with Gasteiger partial charge in [0, 0.05) is 30.6 Å². The van der Waals surface area contributed by atoms with Crippen molar-refractivity contribution >= 4 is 33.2 Å². The highest BCUT2D eigenvalue weighted by Gasteiger charge is 2.35. The van der Waals surface area contributed by atoms with Crippen molar-refractivity contribution in [2.24, 2.45) is 0 Å². The molecular formula is C35H38N4O6S. The molecule has 0 spiro atoms. The summed E-state index contributed by atoms with van der Waals surface area (Å²) >= 11 is 0. The fourth-order valence-electron chi connectivity index (χ4n) is 4.89.